The van der Waals surface area contributed by atoms with E-state index < -0.39 is 25.1 Å². The molecule has 0 spiro atoms. The van der Waals surface area contributed by atoms with Crippen LogP contribution >= 0.6 is 0 Å². The van der Waals surface area contributed by atoms with E-state index in [0.29, 0.717) is 16.9 Å². The van der Waals surface area contributed by atoms with Crippen molar-refractivity contribution in [2.75, 3.05) is 23.8 Å². The van der Waals surface area contributed by atoms with Crippen LogP contribution in [0, 0.1) is 11.3 Å². The third kappa shape index (κ3) is 6.51. The van der Waals surface area contributed by atoms with Gasteiger partial charge in [-0.3, -0.25) is 9.59 Å². The Hall–Kier alpha value is -3.86. The lowest BCUT2D eigenvalue weighted by molar-refractivity contribution is -0.149. The average molecular weight is 367 g/mol. The second-order valence-corrected chi connectivity index (χ2v) is 5.36. The van der Waals surface area contributed by atoms with E-state index in [1.807, 2.05) is 6.07 Å². The molecule has 138 valence electrons. The molecular weight excluding hydrogens is 350 g/mol. The number of benzene rings is 2. The van der Waals surface area contributed by atoms with Gasteiger partial charge in [-0.2, -0.15) is 5.26 Å². The highest BCUT2D eigenvalue weighted by Crippen LogP contribution is 2.16. The maximum atomic E-state index is 11.8. The van der Waals surface area contributed by atoms with Crippen molar-refractivity contribution in [2.24, 2.45) is 0 Å². The maximum absolute atomic E-state index is 11.8. The Morgan fingerprint density at radius 3 is 2.22 bits per heavy atom. The molecule has 2 aromatic rings. The summed E-state index contributed by atoms with van der Waals surface area (Å²) in [5.74, 6) is -1.19. The fraction of sp³-hybridized carbons (Fsp3) is 0.158. The molecule has 2 aromatic carbocycles. The molecule has 0 bridgehead atoms. The Kier molecular flexibility index (Phi) is 6.91. The van der Waals surface area contributed by atoms with Gasteiger partial charge < -0.3 is 20.1 Å². The second kappa shape index (κ2) is 9.58. The van der Waals surface area contributed by atoms with Gasteiger partial charge in [0.15, 0.2) is 13.2 Å². The van der Waals surface area contributed by atoms with Crippen LogP contribution in [0.15, 0.2) is 48.5 Å². The van der Waals surface area contributed by atoms with Gasteiger partial charge in [0.25, 0.3) is 5.91 Å². The smallest absolute Gasteiger partial charge is 0.344 e. The van der Waals surface area contributed by atoms with E-state index in [1.165, 1.54) is 6.92 Å². The summed E-state index contributed by atoms with van der Waals surface area (Å²) in [5, 5.41) is 14.1. The van der Waals surface area contributed by atoms with Gasteiger partial charge in [0.1, 0.15) is 11.8 Å². The minimum atomic E-state index is -0.737. The van der Waals surface area contributed by atoms with Gasteiger partial charge in [-0.05, 0) is 36.4 Å². The first-order valence-corrected chi connectivity index (χ1v) is 7.93. The Balaban J connectivity index is 1.75. The molecule has 2 rings (SSSR count). The molecule has 0 aliphatic carbocycles. The number of ether oxygens (including phenoxy) is 2. The number of anilines is 2. The normalized spacial score (nSPS) is 9.63. The third-order valence-electron chi connectivity index (χ3n) is 3.21. The second-order valence-electron chi connectivity index (χ2n) is 5.36. The molecular formula is C19H17N3O5. The number of nitrogens with zero attached hydrogens (tertiary/aromatic N) is 1. The Morgan fingerprint density at radius 1 is 0.963 bits per heavy atom. The molecule has 0 aliphatic rings. The van der Waals surface area contributed by atoms with Gasteiger partial charge in [0, 0.05) is 18.3 Å². The zero-order chi connectivity index (χ0) is 19.6. The van der Waals surface area contributed by atoms with Crippen molar-refractivity contribution in [3.05, 3.63) is 54.1 Å². The highest BCUT2D eigenvalue weighted by atomic mass is 16.6. The molecule has 0 saturated carbocycles. The summed E-state index contributed by atoms with van der Waals surface area (Å²) in [4.78, 5) is 34.4. The molecule has 2 N–H and O–H groups in total. The van der Waals surface area contributed by atoms with Gasteiger partial charge in [-0.1, -0.05) is 12.1 Å². The first-order valence-electron chi connectivity index (χ1n) is 7.93. The molecule has 2 amide bonds. The highest BCUT2D eigenvalue weighted by Gasteiger charge is 2.10. The van der Waals surface area contributed by atoms with Crippen LogP contribution in [0.5, 0.6) is 5.75 Å². The molecule has 0 unspecified atom stereocenters. The Bertz CT molecular complexity index is 872. The maximum Gasteiger partial charge on any atom is 0.344 e. The van der Waals surface area contributed by atoms with Crippen LogP contribution in [0.4, 0.5) is 11.4 Å². The largest absolute Gasteiger partial charge is 0.481 e. The predicted molar refractivity (Wildman–Crippen MR) is 97.0 cm³/mol. The van der Waals surface area contributed by atoms with Gasteiger partial charge in [0.05, 0.1) is 5.56 Å². The van der Waals surface area contributed by atoms with Gasteiger partial charge in [-0.25, -0.2) is 4.79 Å². The number of carbonyl (C=O) groups is 3. The molecule has 8 nitrogen and oxygen atoms in total. The third-order valence-corrected chi connectivity index (χ3v) is 3.21. The zero-order valence-electron chi connectivity index (χ0n) is 14.5. The topological polar surface area (TPSA) is 118 Å². The molecule has 27 heavy (non-hydrogen) atoms. The van der Waals surface area contributed by atoms with Gasteiger partial charge >= 0.3 is 5.97 Å². The summed E-state index contributed by atoms with van der Waals surface area (Å²) < 4.78 is 10.1. The van der Waals surface area contributed by atoms with Crippen LogP contribution in [-0.4, -0.2) is 31.0 Å². The fourth-order valence-corrected chi connectivity index (χ4v) is 2.05. The molecule has 0 fully saturated rings. The van der Waals surface area contributed by atoms with Crippen molar-refractivity contribution in [2.45, 2.75) is 6.92 Å². The summed E-state index contributed by atoms with van der Waals surface area (Å²) in [5.41, 5.74) is 1.39. The predicted octanol–water partition coefficient (Wildman–Crippen LogP) is 2.08. The van der Waals surface area contributed by atoms with Crippen LogP contribution in [0.2, 0.25) is 0 Å². The number of nitrogens with one attached hydrogen (secondary N) is 2. The van der Waals surface area contributed by atoms with Crippen LogP contribution in [0.1, 0.15) is 12.5 Å². The zero-order valence-corrected chi connectivity index (χ0v) is 14.5. The van der Waals surface area contributed by atoms with Crippen LogP contribution in [0.25, 0.3) is 0 Å². The minimum absolute atomic E-state index is 0.196. The van der Waals surface area contributed by atoms with E-state index >= 15 is 0 Å². The molecule has 0 radical (unpaired) electrons. The van der Waals surface area contributed by atoms with E-state index in [4.69, 9.17) is 14.7 Å². The molecule has 8 heteroatoms. The number of carbonyl (C=O) groups excluding carboxylic acids is 3. The monoisotopic (exact) mass is 367 g/mol. The number of amides is 2. The SMILES string of the molecule is CC(=O)Nc1ccc(NC(=O)COC(=O)COc2ccccc2C#N)cc1. The van der Waals surface area contributed by atoms with Crippen molar-refractivity contribution >= 4 is 29.2 Å². The molecule has 0 heterocycles. The lowest BCUT2D eigenvalue weighted by Crippen LogP contribution is -2.23. The minimum Gasteiger partial charge on any atom is -0.481 e. The molecule has 0 saturated heterocycles. The first-order chi connectivity index (χ1) is 13.0. The molecule has 0 atom stereocenters. The van der Waals surface area contributed by atoms with Gasteiger partial charge in [0.2, 0.25) is 5.91 Å². The Labute approximate surface area is 155 Å². The summed E-state index contributed by atoms with van der Waals surface area (Å²) in [7, 11) is 0. The number of nitriles is 1. The van der Waals surface area contributed by atoms with Gasteiger partial charge in [-0.15, -0.1) is 0 Å². The molecule has 0 aliphatic heterocycles. The van der Waals surface area contributed by atoms with Crippen molar-refractivity contribution < 1.29 is 23.9 Å². The standard InChI is InChI=1S/C19H17N3O5/c1-13(23)21-15-6-8-16(9-7-15)22-18(24)11-27-19(25)12-26-17-5-3-2-4-14(17)10-20/h2-9H,11-12H2,1H3,(H,21,23)(H,22,24). The fourth-order valence-electron chi connectivity index (χ4n) is 2.05. The van der Waals surface area contributed by atoms with E-state index in [2.05, 4.69) is 10.6 Å². The number of rotatable bonds is 7. The first kappa shape index (κ1) is 19.5. The van der Waals surface area contributed by atoms with Crippen molar-refractivity contribution in [1.29, 1.82) is 5.26 Å². The Morgan fingerprint density at radius 2 is 1.59 bits per heavy atom. The van der Waals surface area contributed by atoms with E-state index in [9.17, 15) is 14.4 Å². The number of esters is 1. The van der Waals surface area contributed by atoms with Crippen LogP contribution in [-0.2, 0) is 19.1 Å². The van der Waals surface area contributed by atoms with Crippen LogP contribution in [0.3, 0.4) is 0 Å². The highest BCUT2D eigenvalue weighted by molar-refractivity contribution is 5.93. The van der Waals surface area contributed by atoms with E-state index in [-0.39, 0.29) is 11.7 Å². The summed E-state index contributed by atoms with van der Waals surface area (Å²) in [6.45, 7) is 0.500. The van der Waals surface area contributed by atoms with Crippen LogP contribution < -0.4 is 15.4 Å². The number of para-hydroxylation sites is 1. The lowest BCUT2D eigenvalue weighted by Gasteiger charge is -2.09. The van der Waals surface area contributed by atoms with Crippen molar-refractivity contribution in [3.8, 4) is 11.8 Å². The van der Waals surface area contributed by atoms with E-state index in [1.54, 1.807) is 48.5 Å². The van der Waals surface area contributed by atoms with Crippen molar-refractivity contribution in [3.63, 3.8) is 0 Å². The average Bonchev–Trinajstić information content (AvgIpc) is 2.66. The quantitative estimate of drug-likeness (QED) is 0.724. The number of hydrogen-bond acceptors (Lipinski definition) is 6. The summed E-state index contributed by atoms with van der Waals surface area (Å²) >= 11 is 0. The summed E-state index contributed by atoms with van der Waals surface area (Å²) in [6, 6.07) is 14.9. The summed E-state index contributed by atoms with van der Waals surface area (Å²) in [6.07, 6.45) is 0. The van der Waals surface area contributed by atoms with Crippen molar-refractivity contribution in [1.82, 2.24) is 0 Å². The van der Waals surface area contributed by atoms with E-state index in [0.717, 1.165) is 0 Å². The lowest BCUT2D eigenvalue weighted by atomic mass is 10.2. The number of hydrogen-bond donors (Lipinski definition) is 2. The molecule has 0 aromatic heterocycles.